The fourth-order valence-electron chi connectivity index (χ4n) is 2.40. The molecule has 0 atom stereocenters. The van der Waals surface area contributed by atoms with Gasteiger partial charge in [-0.15, -0.1) is 0 Å². The molecule has 24 heavy (non-hydrogen) atoms. The van der Waals surface area contributed by atoms with Gasteiger partial charge in [-0.2, -0.15) is 5.10 Å². The number of anilines is 1. The number of hydrogen-bond donors (Lipinski definition) is 2. The summed E-state index contributed by atoms with van der Waals surface area (Å²) >= 11 is 5.15. The van der Waals surface area contributed by atoms with E-state index in [0.29, 0.717) is 5.11 Å². The van der Waals surface area contributed by atoms with Gasteiger partial charge in [-0.1, -0.05) is 26.0 Å². The van der Waals surface area contributed by atoms with Crippen LogP contribution in [-0.2, 0) is 18.3 Å². The first-order valence-electron chi connectivity index (χ1n) is 7.97. The maximum atomic E-state index is 11.6. The van der Waals surface area contributed by atoms with Crippen molar-refractivity contribution in [3.05, 3.63) is 46.8 Å². The van der Waals surface area contributed by atoms with E-state index in [4.69, 9.17) is 12.2 Å². The molecule has 1 aromatic carbocycles. The van der Waals surface area contributed by atoms with Crippen molar-refractivity contribution in [3.63, 3.8) is 0 Å². The van der Waals surface area contributed by atoms with E-state index in [0.717, 1.165) is 17.8 Å². The molecule has 128 valence electrons. The highest BCUT2D eigenvalue weighted by molar-refractivity contribution is 7.80. The van der Waals surface area contributed by atoms with Crippen LogP contribution < -0.4 is 10.6 Å². The molecule has 0 spiro atoms. The van der Waals surface area contributed by atoms with Crippen molar-refractivity contribution in [2.75, 3.05) is 5.32 Å². The van der Waals surface area contributed by atoms with Crippen molar-refractivity contribution in [2.45, 2.75) is 34.1 Å². The van der Waals surface area contributed by atoms with Gasteiger partial charge in [-0.05, 0) is 43.8 Å². The molecule has 0 bridgehead atoms. The maximum Gasteiger partial charge on any atom is 0.228 e. The average Bonchev–Trinajstić information content (AvgIpc) is 2.75. The Morgan fingerprint density at radius 3 is 2.38 bits per heavy atom. The topological polar surface area (TPSA) is 59.0 Å². The van der Waals surface area contributed by atoms with Gasteiger partial charge in [-0.25, -0.2) is 0 Å². The molecule has 1 heterocycles. The highest BCUT2D eigenvalue weighted by Gasteiger charge is 2.11. The van der Waals surface area contributed by atoms with Gasteiger partial charge < -0.3 is 10.6 Å². The lowest BCUT2D eigenvalue weighted by Crippen LogP contribution is -2.36. The standard InChI is InChI=1S/C18H24N4OS/c1-11(2)17(23)20-18(24)19-15-8-6-14(7-9-15)10-16-12(3)21-22(5)13(16)4/h6-9,11H,10H2,1-5H3,(H2,19,20,23,24). The number of nitrogens with zero attached hydrogens (tertiary/aromatic N) is 2. The third kappa shape index (κ3) is 4.41. The molecule has 0 saturated heterocycles. The Hall–Kier alpha value is -2.21. The van der Waals surface area contributed by atoms with Crippen LogP contribution in [0.1, 0.15) is 36.4 Å². The number of amides is 1. The zero-order valence-electron chi connectivity index (χ0n) is 14.8. The molecule has 6 heteroatoms. The van der Waals surface area contributed by atoms with Crippen LogP contribution in [0.4, 0.5) is 5.69 Å². The lowest BCUT2D eigenvalue weighted by molar-refractivity contribution is -0.122. The van der Waals surface area contributed by atoms with Crippen molar-refractivity contribution in [1.82, 2.24) is 15.1 Å². The van der Waals surface area contributed by atoms with Gasteiger partial charge in [-0.3, -0.25) is 9.48 Å². The van der Waals surface area contributed by atoms with Gasteiger partial charge >= 0.3 is 0 Å². The molecule has 5 nitrogen and oxygen atoms in total. The molecule has 0 aliphatic heterocycles. The fraction of sp³-hybridized carbons (Fsp3) is 0.389. The Morgan fingerprint density at radius 2 is 1.88 bits per heavy atom. The number of thiocarbonyl (C=S) groups is 1. The SMILES string of the molecule is Cc1nn(C)c(C)c1Cc1ccc(NC(=S)NC(=O)C(C)C)cc1. The number of carbonyl (C=O) groups is 1. The van der Waals surface area contributed by atoms with E-state index in [2.05, 4.69) is 34.8 Å². The Kier molecular flexibility index (Phi) is 5.72. The van der Waals surface area contributed by atoms with E-state index in [1.165, 1.54) is 16.8 Å². The minimum absolute atomic E-state index is 0.0911. The number of aromatic nitrogens is 2. The molecule has 0 aliphatic rings. The second-order valence-corrected chi connectivity index (χ2v) is 6.65. The predicted molar refractivity (Wildman–Crippen MR) is 101 cm³/mol. The van der Waals surface area contributed by atoms with Crippen molar-refractivity contribution in [1.29, 1.82) is 0 Å². The second kappa shape index (κ2) is 7.57. The Bertz CT molecular complexity index is 747. The number of carbonyl (C=O) groups excluding carboxylic acids is 1. The highest BCUT2D eigenvalue weighted by atomic mass is 32.1. The molecule has 0 saturated carbocycles. The molecule has 2 aromatic rings. The monoisotopic (exact) mass is 344 g/mol. The Morgan fingerprint density at radius 1 is 1.25 bits per heavy atom. The van der Waals surface area contributed by atoms with Gasteiger partial charge in [0.05, 0.1) is 5.69 Å². The lowest BCUT2D eigenvalue weighted by atomic mass is 10.0. The third-order valence-electron chi connectivity index (χ3n) is 4.01. The number of aryl methyl sites for hydroxylation is 2. The number of nitrogens with one attached hydrogen (secondary N) is 2. The Labute approximate surface area is 148 Å². The van der Waals surface area contributed by atoms with Crippen LogP contribution in [0.15, 0.2) is 24.3 Å². The Balaban J connectivity index is 2.00. The summed E-state index contributed by atoms with van der Waals surface area (Å²) in [6.45, 7) is 7.78. The quantitative estimate of drug-likeness (QED) is 0.837. The molecule has 1 amide bonds. The summed E-state index contributed by atoms with van der Waals surface area (Å²) in [6.07, 6.45) is 0.848. The van der Waals surface area contributed by atoms with E-state index >= 15 is 0 Å². The van der Waals surface area contributed by atoms with Gasteiger partial charge in [0, 0.05) is 36.3 Å². The maximum absolute atomic E-state index is 11.6. The van der Waals surface area contributed by atoms with Crippen molar-refractivity contribution in [2.24, 2.45) is 13.0 Å². The molecule has 1 aromatic heterocycles. The van der Waals surface area contributed by atoms with Gasteiger partial charge in [0.25, 0.3) is 0 Å². The highest BCUT2D eigenvalue weighted by Crippen LogP contribution is 2.18. The predicted octanol–water partition coefficient (Wildman–Crippen LogP) is 3.10. The molecule has 0 fully saturated rings. The molecule has 0 radical (unpaired) electrons. The summed E-state index contributed by atoms with van der Waals surface area (Å²) in [5, 5.41) is 10.5. The zero-order chi connectivity index (χ0) is 17.9. The summed E-state index contributed by atoms with van der Waals surface area (Å²) in [5.41, 5.74) is 5.57. The van der Waals surface area contributed by atoms with E-state index in [1.54, 1.807) is 0 Å². The van der Waals surface area contributed by atoms with Crippen molar-refractivity contribution < 1.29 is 4.79 Å². The molecule has 2 N–H and O–H groups in total. The average molecular weight is 344 g/mol. The van der Waals surface area contributed by atoms with E-state index in [1.807, 2.05) is 44.6 Å². The first kappa shape index (κ1) is 18.1. The smallest absolute Gasteiger partial charge is 0.228 e. The minimum atomic E-state index is -0.0990. The first-order valence-corrected chi connectivity index (χ1v) is 8.38. The fourth-order valence-corrected chi connectivity index (χ4v) is 2.62. The summed E-state index contributed by atoms with van der Waals surface area (Å²) in [7, 11) is 1.96. The summed E-state index contributed by atoms with van der Waals surface area (Å²) in [6, 6.07) is 8.04. The second-order valence-electron chi connectivity index (χ2n) is 6.24. The van der Waals surface area contributed by atoms with E-state index in [9.17, 15) is 4.79 Å². The van der Waals surface area contributed by atoms with Gasteiger partial charge in [0.2, 0.25) is 5.91 Å². The van der Waals surface area contributed by atoms with Gasteiger partial charge in [0.1, 0.15) is 0 Å². The summed E-state index contributed by atoms with van der Waals surface area (Å²) in [4.78, 5) is 11.6. The normalized spacial score (nSPS) is 10.8. The zero-order valence-corrected chi connectivity index (χ0v) is 15.6. The van der Waals surface area contributed by atoms with Crippen LogP contribution in [0.2, 0.25) is 0 Å². The van der Waals surface area contributed by atoms with E-state index in [-0.39, 0.29) is 11.8 Å². The van der Waals surface area contributed by atoms with Crippen LogP contribution in [0.25, 0.3) is 0 Å². The van der Waals surface area contributed by atoms with Crippen LogP contribution >= 0.6 is 12.2 Å². The number of hydrogen-bond acceptors (Lipinski definition) is 3. The minimum Gasteiger partial charge on any atom is -0.332 e. The van der Waals surface area contributed by atoms with E-state index < -0.39 is 0 Å². The van der Waals surface area contributed by atoms with Crippen LogP contribution in [0, 0.1) is 19.8 Å². The molecular weight excluding hydrogens is 320 g/mol. The molecule has 0 aliphatic carbocycles. The summed E-state index contributed by atoms with van der Waals surface area (Å²) in [5.74, 6) is -0.190. The largest absolute Gasteiger partial charge is 0.332 e. The first-order chi connectivity index (χ1) is 11.3. The molecular formula is C18H24N4OS. The van der Waals surface area contributed by atoms with Crippen molar-refractivity contribution in [3.8, 4) is 0 Å². The van der Waals surface area contributed by atoms with Crippen LogP contribution in [0.3, 0.4) is 0 Å². The lowest BCUT2D eigenvalue weighted by Gasteiger charge is -2.11. The number of rotatable bonds is 4. The number of benzene rings is 1. The summed E-state index contributed by atoms with van der Waals surface area (Å²) < 4.78 is 1.91. The van der Waals surface area contributed by atoms with Gasteiger partial charge in [0.15, 0.2) is 5.11 Å². The van der Waals surface area contributed by atoms with Crippen molar-refractivity contribution >= 4 is 28.9 Å². The molecule has 2 rings (SSSR count). The van der Waals surface area contributed by atoms with Crippen LogP contribution in [0.5, 0.6) is 0 Å². The molecule has 0 unspecified atom stereocenters. The third-order valence-corrected chi connectivity index (χ3v) is 4.22. The van der Waals surface area contributed by atoms with Crippen LogP contribution in [-0.4, -0.2) is 20.8 Å².